The van der Waals surface area contributed by atoms with Crippen LogP contribution in [0.2, 0.25) is 0 Å². The second-order valence-electron chi connectivity index (χ2n) is 7.70. The van der Waals surface area contributed by atoms with E-state index in [1.807, 2.05) is 35.2 Å². The Morgan fingerprint density at radius 3 is 2.31 bits per heavy atom. The number of hydrogen-bond donors (Lipinski definition) is 2. The molecule has 1 aromatic carbocycles. The first-order valence-electron chi connectivity index (χ1n) is 10.1. The summed E-state index contributed by atoms with van der Waals surface area (Å²) in [7, 11) is 0. The van der Waals surface area contributed by atoms with E-state index in [1.54, 1.807) is 0 Å². The van der Waals surface area contributed by atoms with Gasteiger partial charge in [0.1, 0.15) is 0 Å². The lowest BCUT2D eigenvalue weighted by molar-refractivity contribution is -0.140. The molecule has 2 aliphatic heterocycles. The number of carbonyl (C=O) groups is 2. The largest absolute Gasteiger partial charge is 0.381 e. The second-order valence-corrected chi connectivity index (χ2v) is 7.70. The minimum Gasteiger partial charge on any atom is -0.381 e. The molecule has 3 rings (SSSR count). The molecule has 1 aromatic rings. The van der Waals surface area contributed by atoms with Crippen molar-refractivity contribution >= 4 is 36.6 Å². The molecular formula is C21H33Cl2N3O3. The van der Waals surface area contributed by atoms with Crippen LogP contribution < -0.4 is 11.1 Å². The summed E-state index contributed by atoms with van der Waals surface area (Å²) in [5, 5.41) is 3.00. The van der Waals surface area contributed by atoms with E-state index in [1.165, 1.54) is 0 Å². The predicted octanol–water partition coefficient (Wildman–Crippen LogP) is 2.18. The standard InChI is InChI=1S/C21H31N3O3.2ClH/c22-19(14-16-4-2-1-3-5-16)20(25)23-15-17-6-10-24(11-7-17)21(26)18-8-12-27-13-9-18;;/h1-5,17-19H,6-15,22H2,(H,23,25);2*1H/t19-;;/m1../s1. The van der Waals surface area contributed by atoms with Gasteiger partial charge in [-0.3, -0.25) is 9.59 Å². The molecule has 6 nitrogen and oxygen atoms in total. The van der Waals surface area contributed by atoms with E-state index < -0.39 is 6.04 Å². The number of nitrogens with one attached hydrogen (secondary N) is 1. The fourth-order valence-electron chi connectivity index (χ4n) is 3.90. The Bertz CT molecular complexity index is 619. The smallest absolute Gasteiger partial charge is 0.237 e. The van der Waals surface area contributed by atoms with Crippen molar-refractivity contribution in [2.24, 2.45) is 17.6 Å². The molecule has 2 amide bonds. The number of nitrogens with two attached hydrogens (primary N) is 1. The third-order valence-corrected chi connectivity index (χ3v) is 5.70. The van der Waals surface area contributed by atoms with Gasteiger partial charge in [0.15, 0.2) is 0 Å². The Kier molecular flexibility index (Phi) is 11.6. The van der Waals surface area contributed by atoms with Crippen molar-refractivity contribution in [3.05, 3.63) is 35.9 Å². The van der Waals surface area contributed by atoms with Gasteiger partial charge >= 0.3 is 0 Å². The van der Waals surface area contributed by atoms with Gasteiger partial charge in [-0.25, -0.2) is 0 Å². The van der Waals surface area contributed by atoms with Crippen LogP contribution >= 0.6 is 24.8 Å². The van der Waals surface area contributed by atoms with Gasteiger partial charge in [-0.15, -0.1) is 24.8 Å². The van der Waals surface area contributed by atoms with Crippen molar-refractivity contribution in [1.82, 2.24) is 10.2 Å². The average Bonchev–Trinajstić information content (AvgIpc) is 2.73. The van der Waals surface area contributed by atoms with Crippen molar-refractivity contribution < 1.29 is 14.3 Å². The van der Waals surface area contributed by atoms with Gasteiger partial charge in [-0.05, 0) is 43.6 Å². The zero-order valence-corrected chi connectivity index (χ0v) is 18.4. The summed E-state index contributed by atoms with van der Waals surface area (Å²) in [4.78, 5) is 26.8. The number of rotatable bonds is 6. The number of benzene rings is 1. The highest BCUT2D eigenvalue weighted by atomic mass is 35.5. The van der Waals surface area contributed by atoms with Crippen LogP contribution in [0.25, 0.3) is 0 Å². The van der Waals surface area contributed by atoms with Crippen LogP contribution in [0.3, 0.4) is 0 Å². The van der Waals surface area contributed by atoms with Gasteiger partial charge in [0.25, 0.3) is 0 Å². The maximum absolute atomic E-state index is 12.6. The molecule has 164 valence electrons. The molecule has 0 bridgehead atoms. The highest BCUT2D eigenvalue weighted by molar-refractivity contribution is 5.85. The zero-order valence-electron chi connectivity index (χ0n) is 16.8. The molecule has 2 fully saturated rings. The van der Waals surface area contributed by atoms with E-state index in [4.69, 9.17) is 10.5 Å². The van der Waals surface area contributed by atoms with Crippen LogP contribution in [0.1, 0.15) is 31.2 Å². The molecule has 3 N–H and O–H groups in total. The van der Waals surface area contributed by atoms with Crippen molar-refractivity contribution in [3.63, 3.8) is 0 Å². The third kappa shape index (κ3) is 7.78. The fraction of sp³-hybridized carbons (Fsp3) is 0.619. The number of carbonyl (C=O) groups excluding carboxylic acids is 2. The van der Waals surface area contributed by atoms with Crippen LogP contribution in [-0.2, 0) is 20.7 Å². The summed E-state index contributed by atoms with van der Waals surface area (Å²) >= 11 is 0. The molecule has 2 saturated heterocycles. The molecule has 0 spiro atoms. The minimum atomic E-state index is -0.525. The predicted molar refractivity (Wildman–Crippen MR) is 118 cm³/mol. The van der Waals surface area contributed by atoms with Crippen molar-refractivity contribution in [2.75, 3.05) is 32.8 Å². The summed E-state index contributed by atoms with van der Waals surface area (Å²) in [6, 6.07) is 9.30. The number of nitrogens with zero attached hydrogens (tertiary/aromatic N) is 1. The maximum atomic E-state index is 12.6. The highest BCUT2D eigenvalue weighted by Gasteiger charge is 2.29. The number of amides is 2. The number of hydrogen-bond acceptors (Lipinski definition) is 4. The summed E-state index contributed by atoms with van der Waals surface area (Å²) < 4.78 is 5.34. The lowest BCUT2D eigenvalue weighted by Gasteiger charge is -2.35. The van der Waals surface area contributed by atoms with E-state index in [-0.39, 0.29) is 42.5 Å². The monoisotopic (exact) mass is 445 g/mol. The van der Waals surface area contributed by atoms with Crippen LogP contribution in [0, 0.1) is 11.8 Å². The lowest BCUT2D eigenvalue weighted by Crippen LogP contribution is -2.47. The third-order valence-electron chi connectivity index (χ3n) is 5.70. The van der Waals surface area contributed by atoms with Gasteiger partial charge in [0.05, 0.1) is 6.04 Å². The Hall–Kier alpha value is -1.34. The van der Waals surface area contributed by atoms with Gasteiger partial charge in [-0.2, -0.15) is 0 Å². The SMILES string of the molecule is Cl.Cl.N[C@H](Cc1ccccc1)C(=O)NCC1CCN(C(=O)C2CCOCC2)CC1. The van der Waals surface area contributed by atoms with E-state index >= 15 is 0 Å². The minimum absolute atomic E-state index is 0. The Labute approximate surface area is 185 Å². The van der Waals surface area contributed by atoms with E-state index in [9.17, 15) is 9.59 Å². The summed E-state index contributed by atoms with van der Waals surface area (Å²) in [5.41, 5.74) is 7.10. The van der Waals surface area contributed by atoms with Crippen LogP contribution in [-0.4, -0.2) is 55.6 Å². The molecule has 0 saturated carbocycles. The molecular weight excluding hydrogens is 413 g/mol. The zero-order chi connectivity index (χ0) is 19.1. The first kappa shape index (κ1) is 25.7. The van der Waals surface area contributed by atoms with Crippen LogP contribution in [0.4, 0.5) is 0 Å². The van der Waals surface area contributed by atoms with Crippen molar-refractivity contribution in [2.45, 2.75) is 38.1 Å². The summed E-state index contributed by atoms with van der Waals surface area (Å²) in [5.74, 6) is 0.729. The van der Waals surface area contributed by atoms with E-state index in [0.29, 0.717) is 32.1 Å². The van der Waals surface area contributed by atoms with Gasteiger partial charge in [0.2, 0.25) is 11.8 Å². The van der Waals surface area contributed by atoms with Crippen molar-refractivity contribution in [3.8, 4) is 0 Å². The molecule has 2 aliphatic rings. The molecule has 0 radical (unpaired) electrons. The molecule has 0 unspecified atom stereocenters. The molecule has 2 heterocycles. The molecule has 29 heavy (non-hydrogen) atoms. The summed E-state index contributed by atoms with van der Waals surface area (Å²) in [6.07, 6.45) is 4.10. The van der Waals surface area contributed by atoms with Gasteiger partial charge in [-0.1, -0.05) is 30.3 Å². The first-order chi connectivity index (χ1) is 13.1. The second kappa shape index (κ2) is 13.1. The van der Waals surface area contributed by atoms with Crippen LogP contribution in [0.15, 0.2) is 30.3 Å². The van der Waals surface area contributed by atoms with Gasteiger partial charge < -0.3 is 20.7 Å². The van der Waals surface area contributed by atoms with Crippen LogP contribution in [0.5, 0.6) is 0 Å². The van der Waals surface area contributed by atoms with Crippen molar-refractivity contribution in [1.29, 1.82) is 0 Å². The summed E-state index contributed by atoms with van der Waals surface area (Å²) in [6.45, 7) is 3.60. The molecule has 8 heteroatoms. The van der Waals surface area contributed by atoms with E-state index in [0.717, 1.165) is 44.3 Å². The van der Waals surface area contributed by atoms with E-state index in [2.05, 4.69) is 5.32 Å². The average molecular weight is 446 g/mol. The Balaban J connectivity index is 0.00000210. The first-order valence-corrected chi connectivity index (χ1v) is 10.1. The number of piperidine rings is 1. The molecule has 0 aliphatic carbocycles. The quantitative estimate of drug-likeness (QED) is 0.702. The Morgan fingerprint density at radius 2 is 1.69 bits per heavy atom. The Morgan fingerprint density at radius 1 is 1.07 bits per heavy atom. The molecule has 0 aromatic heterocycles. The number of likely N-dealkylation sites (tertiary alicyclic amines) is 1. The highest BCUT2D eigenvalue weighted by Crippen LogP contribution is 2.22. The van der Waals surface area contributed by atoms with Gasteiger partial charge in [0, 0.05) is 38.8 Å². The lowest BCUT2D eigenvalue weighted by atomic mass is 9.93. The maximum Gasteiger partial charge on any atom is 0.237 e. The molecule has 1 atom stereocenters. The fourth-order valence-corrected chi connectivity index (χ4v) is 3.90. The normalized spacial score (nSPS) is 18.9. The number of halogens is 2. The number of ether oxygens (including phenoxy) is 1. The topological polar surface area (TPSA) is 84.7 Å².